The maximum absolute atomic E-state index is 13.1. The van der Waals surface area contributed by atoms with Crippen LogP contribution in [-0.4, -0.2) is 49.4 Å². The van der Waals surface area contributed by atoms with Crippen LogP contribution in [0, 0.1) is 0 Å². The van der Waals surface area contributed by atoms with E-state index in [4.69, 9.17) is 14.2 Å². The summed E-state index contributed by atoms with van der Waals surface area (Å²) in [5.41, 5.74) is -0.128. The Balaban J connectivity index is 2.47. The van der Waals surface area contributed by atoms with Gasteiger partial charge in [0.1, 0.15) is 5.75 Å². The Morgan fingerprint density at radius 2 is 1.59 bits per heavy atom. The zero-order valence-corrected chi connectivity index (χ0v) is 16.4. The van der Waals surface area contributed by atoms with Gasteiger partial charge in [0.2, 0.25) is 12.1 Å². The minimum absolute atomic E-state index is 0.0263. The highest BCUT2D eigenvalue weighted by Crippen LogP contribution is 2.29. The largest absolute Gasteiger partial charge is 0.514 e. The number of ketones is 1. The summed E-state index contributed by atoms with van der Waals surface area (Å²) in [6.45, 7) is 3.32. The van der Waals surface area contributed by atoms with Gasteiger partial charge in [-0.1, -0.05) is 18.2 Å². The minimum atomic E-state index is -0.963. The lowest BCUT2D eigenvalue weighted by atomic mass is 9.99. The van der Waals surface area contributed by atoms with E-state index >= 15 is 0 Å². The van der Waals surface area contributed by atoms with Crippen LogP contribution in [0.1, 0.15) is 35.3 Å². The average Bonchev–Trinajstić information content (AvgIpc) is 2.67. The van der Waals surface area contributed by atoms with E-state index in [1.54, 1.807) is 32.3 Å². The minimum Gasteiger partial charge on any atom is -0.431 e. The Labute approximate surface area is 168 Å². The molecular formula is C21H20NO7. The first kappa shape index (κ1) is 21.6. The number of para-hydroxylation sites is 2. The third-order valence-electron chi connectivity index (χ3n) is 3.58. The summed E-state index contributed by atoms with van der Waals surface area (Å²) in [7, 11) is 2.92. The highest BCUT2D eigenvalue weighted by molar-refractivity contribution is 6.13. The summed E-state index contributed by atoms with van der Waals surface area (Å²) in [4.78, 5) is 49.4. The fraction of sp³-hybridized carbons (Fsp3) is 0.238. The van der Waals surface area contributed by atoms with Gasteiger partial charge < -0.3 is 19.1 Å². The molecule has 2 aromatic carbocycles. The summed E-state index contributed by atoms with van der Waals surface area (Å²) < 4.78 is 15.3. The molecule has 1 amide bonds. The molecule has 0 unspecified atom stereocenters. The Bertz CT molecular complexity index is 934. The predicted octanol–water partition coefficient (Wildman–Crippen LogP) is 3.36. The fourth-order valence-corrected chi connectivity index (χ4v) is 2.28. The van der Waals surface area contributed by atoms with Crippen molar-refractivity contribution in [2.45, 2.75) is 20.0 Å². The zero-order valence-electron chi connectivity index (χ0n) is 16.4. The lowest BCUT2D eigenvalue weighted by molar-refractivity contribution is 0.0725. The molecule has 8 heteroatoms. The molecule has 0 saturated heterocycles. The Kier molecular flexibility index (Phi) is 7.08. The van der Waals surface area contributed by atoms with Gasteiger partial charge in [-0.05, 0) is 38.1 Å². The number of benzene rings is 2. The van der Waals surface area contributed by atoms with Crippen LogP contribution >= 0.6 is 0 Å². The maximum Gasteiger partial charge on any atom is 0.514 e. The molecule has 0 N–H and O–H groups in total. The summed E-state index contributed by atoms with van der Waals surface area (Å²) in [5, 5.41) is 0. The summed E-state index contributed by atoms with van der Waals surface area (Å²) >= 11 is 0. The molecule has 2 aromatic rings. The van der Waals surface area contributed by atoms with Crippen LogP contribution in [0.2, 0.25) is 0 Å². The van der Waals surface area contributed by atoms with Gasteiger partial charge in [0.05, 0.1) is 22.8 Å². The van der Waals surface area contributed by atoms with Crippen molar-refractivity contribution in [3.63, 3.8) is 0 Å². The maximum atomic E-state index is 13.1. The van der Waals surface area contributed by atoms with Crippen LogP contribution in [-0.2, 0) is 9.53 Å². The van der Waals surface area contributed by atoms with Crippen LogP contribution in [0.15, 0.2) is 42.5 Å². The van der Waals surface area contributed by atoms with E-state index in [1.807, 2.05) is 0 Å². The number of hydrogen-bond acceptors (Lipinski definition) is 7. The number of rotatable bonds is 6. The third kappa shape index (κ3) is 5.41. The first-order valence-electron chi connectivity index (χ1n) is 8.67. The normalized spacial score (nSPS) is 10.2. The molecule has 0 heterocycles. The van der Waals surface area contributed by atoms with Gasteiger partial charge in [-0.3, -0.25) is 9.59 Å². The van der Waals surface area contributed by atoms with E-state index in [0.717, 1.165) is 4.90 Å². The molecule has 0 fully saturated rings. The SMILES string of the molecule is CC(C)OC(=O)Oc1ccccc1C(=O)c1cccc([C]=O)c1OC(=O)N(C)C. The van der Waals surface area contributed by atoms with E-state index in [1.165, 1.54) is 44.4 Å². The predicted molar refractivity (Wildman–Crippen MR) is 103 cm³/mol. The fourth-order valence-electron chi connectivity index (χ4n) is 2.28. The van der Waals surface area contributed by atoms with Crippen LogP contribution in [0.3, 0.4) is 0 Å². The van der Waals surface area contributed by atoms with Crippen LogP contribution in [0.5, 0.6) is 11.5 Å². The Hall–Kier alpha value is -3.68. The Morgan fingerprint density at radius 1 is 0.931 bits per heavy atom. The quantitative estimate of drug-likeness (QED) is 0.418. The number of ether oxygens (including phenoxy) is 3. The number of carbonyl (C=O) groups excluding carboxylic acids is 4. The molecule has 0 aromatic heterocycles. The molecule has 0 aliphatic heterocycles. The third-order valence-corrected chi connectivity index (χ3v) is 3.58. The molecule has 0 saturated carbocycles. The number of carbonyl (C=O) groups is 3. The van der Waals surface area contributed by atoms with Crippen LogP contribution in [0.25, 0.3) is 0 Å². The van der Waals surface area contributed by atoms with Crippen molar-refractivity contribution in [1.29, 1.82) is 0 Å². The van der Waals surface area contributed by atoms with Crippen molar-refractivity contribution >= 4 is 24.3 Å². The van der Waals surface area contributed by atoms with Crippen LogP contribution < -0.4 is 9.47 Å². The highest BCUT2D eigenvalue weighted by Gasteiger charge is 2.24. The van der Waals surface area contributed by atoms with Crippen molar-refractivity contribution < 1.29 is 33.4 Å². The molecule has 8 nitrogen and oxygen atoms in total. The highest BCUT2D eigenvalue weighted by atomic mass is 16.7. The topological polar surface area (TPSA) is 99.2 Å². The Morgan fingerprint density at radius 3 is 2.21 bits per heavy atom. The number of hydrogen-bond donors (Lipinski definition) is 0. The van der Waals surface area contributed by atoms with E-state index in [0.29, 0.717) is 0 Å². The summed E-state index contributed by atoms with van der Waals surface area (Å²) in [5.74, 6) is -0.879. The van der Waals surface area contributed by atoms with E-state index in [-0.39, 0.29) is 28.2 Å². The van der Waals surface area contributed by atoms with Gasteiger partial charge in [-0.15, -0.1) is 0 Å². The molecule has 2 rings (SSSR count). The van der Waals surface area contributed by atoms with E-state index < -0.39 is 24.1 Å². The van der Waals surface area contributed by atoms with Crippen LogP contribution in [0.4, 0.5) is 9.59 Å². The van der Waals surface area contributed by atoms with Gasteiger partial charge in [0.15, 0.2) is 5.75 Å². The number of amides is 1. The van der Waals surface area contributed by atoms with Gasteiger partial charge in [0.25, 0.3) is 0 Å². The van der Waals surface area contributed by atoms with E-state index in [2.05, 4.69) is 0 Å². The smallest absolute Gasteiger partial charge is 0.431 e. The van der Waals surface area contributed by atoms with Crippen molar-refractivity contribution in [2.24, 2.45) is 0 Å². The molecule has 0 bridgehead atoms. The number of nitrogens with zero attached hydrogens (tertiary/aromatic N) is 1. The second-order valence-electron chi connectivity index (χ2n) is 6.39. The lowest BCUT2D eigenvalue weighted by Gasteiger charge is -2.16. The van der Waals surface area contributed by atoms with Crippen molar-refractivity contribution in [2.75, 3.05) is 14.1 Å². The van der Waals surface area contributed by atoms with E-state index in [9.17, 15) is 19.2 Å². The molecule has 0 aliphatic carbocycles. The molecule has 0 spiro atoms. The van der Waals surface area contributed by atoms with Gasteiger partial charge in [-0.25, -0.2) is 9.59 Å². The van der Waals surface area contributed by atoms with Gasteiger partial charge in [-0.2, -0.15) is 0 Å². The van der Waals surface area contributed by atoms with Gasteiger partial charge >= 0.3 is 12.2 Å². The molecule has 29 heavy (non-hydrogen) atoms. The zero-order chi connectivity index (χ0) is 21.6. The second-order valence-corrected chi connectivity index (χ2v) is 6.39. The second kappa shape index (κ2) is 9.50. The van der Waals surface area contributed by atoms with Crippen molar-refractivity contribution in [3.8, 4) is 11.5 Å². The molecular weight excluding hydrogens is 378 g/mol. The monoisotopic (exact) mass is 398 g/mol. The average molecular weight is 398 g/mol. The molecule has 0 atom stereocenters. The van der Waals surface area contributed by atoms with Gasteiger partial charge in [0, 0.05) is 14.1 Å². The first-order valence-corrected chi connectivity index (χ1v) is 8.67. The van der Waals surface area contributed by atoms with Crippen molar-refractivity contribution in [1.82, 2.24) is 4.90 Å². The standard InChI is InChI=1S/C21H20NO7/c1-13(2)27-21(26)28-17-11-6-5-9-15(17)18(24)16-10-7-8-14(12-23)19(16)29-20(25)22(3)4/h5-11,13H,1-4H3. The molecule has 0 aliphatic rings. The summed E-state index contributed by atoms with van der Waals surface area (Å²) in [6.07, 6.45) is -0.484. The lowest BCUT2D eigenvalue weighted by Crippen LogP contribution is -2.26. The summed E-state index contributed by atoms with van der Waals surface area (Å²) in [6, 6.07) is 10.2. The van der Waals surface area contributed by atoms with Crippen molar-refractivity contribution in [3.05, 3.63) is 59.2 Å². The molecule has 1 radical (unpaired) electrons. The first-order chi connectivity index (χ1) is 13.7. The molecule has 151 valence electrons.